The van der Waals surface area contributed by atoms with Gasteiger partial charge in [0, 0.05) is 31.3 Å². The number of aromatic nitrogens is 3. The zero-order valence-corrected chi connectivity index (χ0v) is 21.5. The van der Waals surface area contributed by atoms with Gasteiger partial charge in [-0.3, -0.25) is 4.79 Å². The van der Waals surface area contributed by atoms with Crippen LogP contribution in [0.3, 0.4) is 0 Å². The second-order valence-electron chi connectivity index (χ2n) is 9.76. The predicted octanol–water partition coefficient (Wildman–Crippen LogP) is 6.43. The molecule has 0 aliphatic carbocycles. The third-order valence-electron chi connectivity index (χ3n) is 6.55. The molecule has 8 heteroatoms. The predicted molar refractivity (Wildman–Crippen MR) is 144 cm³/mol. The van der Waals surface area contributed by atoms with Gasteiger partial charge in [-0.05, 0) is 69.0 Å². The number of carbonyl (C=O) groups excluding carboxylic acids is 1. The lowest BCUT2D eigenvalue weighted by atomic mass is 9.94. The van der Waals surface area contributed by atoms with Gasteiger partial charge in [-0.2, -0.15) is 4.98 Å². The van der Waals surface area contributed by atoms with Gasteiger partial charge >= 0.3 is 6.01 Å². The van der Waals surface area contributed by atoms with Gasteiger partial charge in [0.05, 0.1) is 21.8 Å². The molecule has 2 aromatic carbocycles. The largest absolute Gasteiger partial charge is 0.426 e. The lowest BCUT2D eigenvalue weighted by Gasteiger charge is -2.28. The Balaban J connectivity index is 1.34. The molecular formula is C28H30ClN5O2. The molecule has 3 heterocycles. The summed E-state index contributed by atoms with van der Waals surface area (Å²) in [6, 6.07) is 18.1. The first-order valence-electron chi connectivity index (χ1n) is 12.3. The molecule has 5 rings (SSSR count). The van der Waals surface area contributed by atoms with E-state index in [0.717, 1.165) is 24.2 Å². The van der Waals surface area contributed by atoms with Crippen LogP contribution in [0.4, 0.5) is 5.69 Å². The first-order chi connectivity index (χ1) is 17.3. The fraction of sp³-hybridized carbons (Fsp3) is 0.321. The summed E-state index contributed by atoms with van der Waals surface area (Å²) in [6.45, 7) is 7.64. The highest BCUT2D eigenvalue weighted by Gasteiger charge is 2.21. The summed E-state index contributed by atoms with van der Waals surface area (Å²) < 4.78 is 5.94. The molecule has 0 bridgehead atoms. The third-order valence-corrected chi connectivity index (χ3v) is 6.83. The summed E-state index contributed by atoms with van der Waals surface area (Å²) in [4.78, 5) is 26.3. The van der Waals surface area contributed by atoms with Crippen molar-refractivity contribution < 1.29 is 9.53 Å². The van der Waals surface area contributed by atoms with Crippen LogP contribution < -0.4 is 15.0 Å². The van der Waals surface area contributed by atoms with E-state index in [0.29, 0.717) is 33.6 Å². The molecule has 1 amide bonds. The molecule has 4 aromatic rings. The van der Waals surface area contributed by atoms with Gasteiger partial charge in [-0.25, -0.2) is 4.98 Å². The van der Waals surface area contributed by atoms with Crippen LogP contribution in [0.5, 0.6) is 11.8 Å². The number of pyridine rings is 1. The van der Waals surface area contributed by atoms with Gasteiger partial charge in [0.2, 0.25) is 5.91 Å². The summed E-state index contributed by atoms with van der Waals surface area (Å²) >= 11 is 6.60. The van der Waals surface area contributed by atoms with Gasteiger partial charge in [-0.1, -0.05) is 35.9 Å². The van der Waals surface area contributed by atoms with Crippen molar-refractivity contribution >= 4 is 34.4 Å². The van der Waals surface area contributed by atoms with E-state index in [2.05, 4.69) is 44.5 Å². The minimum Gasteiger partial charge on any atom is -0.426 e. The summed E-state index contributed by atoms with van der Waals surface area (Å²) in [5, 5.41) is 3.49. The topological polar surface area (TPSA) is 83.1 Å². The Morgan fingerprint density at radius 3 is 2.39 bits per heavy atom. The van der Waals surface area contributed by atoms with Crippen LogP contribution in [0.1, 0.15) is 45.6 Å². The number of fused-ring (bicyclic) bond motifs is 1. The molecule has 2 aromatic heterocycles. The van der Waals surface area contributed by atoms with Crippen molar-refractivity contribution in [2.24, 2.45) is 0 Å². The molecule has 1 saturated heterocycles. The number of H-pyrrole nitrogens is 1. The van der Waals surface area contributed by atoms with Crippen molar-refractivity contribution in [3.05, 3.63) is 65.2 Å². The number of aromatic amines is 1. The lowest BCUT2D eigenvalue weighted by Crippen LogP contribution is -2.39. The van der Waals surface area contributed by atoms with Crippen LogP contribution in [-0.4, -0.2) is 33.9 Å². The Hall–Kier alpha value is -3.58. The highest BCUT2D eigenvalue weighted by molar-refractivity contribution is 6.33. The number of benzene rings is 2. The second-order valence-corrected chi connectivity index (χ2v) is 10.2. The van der Waals surface area contributed by atoms with E-state index in [1.165, 1.54) is 31.9 Å². The van der Waals surface area contributed by atoms with E-state index in [9.17, 15) is 4.79 Å². The Morgan fingerprint density at radius 2 is 1.72 bits per heavy atom. The van der Waals surface area contributed by atoms with Crippen LogP contribution >= 0.6 is 11.6 Å². The summed E-state index contributed by atoms with van der Waals surface area (Å²) in [6.07, 6.45) is 3.80. The van der Waals surface area contributed by atoms with Crippen molar-refractivity contribution in [3.63, 3.8) is 0 Å². The zero-order valence-electron chi connectivity index (χ0n) is 20.8. The zero-order chi connectivity index (χ0) is 25.3. The first kappa shape index (κ1) is 24.1. The molecule has 36 heavy (non-hydrogen) atoms. The number of imidazole rings is 1. The van der Waals surface area contributed by atoms with E-state index in [4.69, 9.17) is 21.3 Å². The standard InChI is InChI=1S/C28H30ClN5O2/c1-18(35)33-28(2,3)20-9-13-22(14-10-20)36-27-30-24-17-23(29)25(31-26(24)32-27)19-7-11-21(12-8-19)34-15-5-4-6-16-34/h7-14,17H,4-6,15-16H2,1-3H3,(H,33,35)(H,30,31,32). The number of rotatable bonds is 6. The average Bonchev–Trinajstić information content (AvgIpc) is 3.24. The van der Waals surface area contributed by atoms with E-state index in [-0.39, 0.29) is 5.91 Å². The Kier molecular flexibility index (Phi) is 6.58. The van der Waals surface area contributed by atoms with Crippen molar-refractivity contribution in [2.45, 2.75) is 45.6 Å². The summed E-state index contributed by atoms with van der Waals surface area (Å²) in [5.74, 6) is 0.544. The first-order valence-corrected chi connectivity index (χ1v) is 12.6. The van der Waals surface area contributed by atoms with Crippen molar-refractivity contribution in [2.75, 3.05) is 18.0 Å². The molecular weight excluding hydrogens is 474 g/mol. The highest BCUT2D eigenvalue weighted by atomic mass is 35.5. The number of halogens is 1. The van der Waals surface area contributed by atoms with Crippen molar-refractivity contribution in [3.8, 4) is 23.0 Å². The average molecular weight is 504 g/mol. The van der Waals surface area contributed by atoms with Crippen LogP contribution in [0, 0.1) is 0 Å². The molecule has 1 aliphatic rings. The maximum atomic E-state index is 11.5. The van der Waals surface area contributed by atoms with Gasteiger partial charge in [-0.15, -0.1) is 0 Å². The smallest absolute Gasteiger partial charge is 0.301 e. The monoisotopic (exact) mass is 503 g/mol. The number of carbonyl (C=O) groups is 1. The maximum absolute atomic E-state index is 11.5. The van der Waals surface area contributed by atoms with Crippen LogP contribution in [0.2, 0.25) is 5.02 Å². The molecule has 0 spiro atoms. The summed E-state index contributed by atoms with van der Waals surface area (Å²) in [5.41, 5.74) is 4.60. The highest BCUT2D eigenvalue weighted by Crippen LogP contribution is 2.32. The Labute approximate surface area is 215 Å². The number of hydrogen-bond donors (Lipinski definition) is 2. The van der Waals surface area contributed by atoms with Gasteiger partial charge < -0.3 is 19.9 Å². The van der Waals surface area contributed by atoms with Crippen LogP contribution in [0.15, 0.2) is 54.6 Å². The quantitative estimate of drug-likeness (QED) is 0.316. The molecule has 1 aliphatic heterocycles. The number of amides is 1. The van der Waals surface area contributed by atoms with Crippen LogP contribution in [-0.2, 0) is 10.3 Å². The van der Waals surface area contributed by atoms with Gasteiger partial charge in [0.15, 0.2) is 5.65 Å². The number of hydrogen-bond acceptors (Lipinski definition) is 5. The van der Waals surface area contributed by atoms with Crippen LogP contribution in [0.25, 0.3) is 22.4 Å². The molecule has 7 nitrogen and oxygen atoms in total. The van der Waals surface area contributed by atoms with Crippen molar-refractivity contribution in [1.82, 2.24) is 20.3 Å². The number of nitrogens with one attached hydrogen (secondary N) is 2. The van der Waals surface area contributed by atoms with E-state index in [1.807, 2.05) is 44.2 Å². The lowest BCUT2D eigenvalue weighted by molar-refractivity contribution is -0.120. The number of ether oxygens (including phenoxy) is 1. The minimum absolute atomic E-state index is 0.0777. The SMILES string of the molecule is CC(=O)NC(C)(C)c1ccc(Oc2nc3nc(-c4ccc(N5CCCCC5)cc4)c(Cl)cc3[nH]2)cc1. The molecule has 0 saturated carbocycles. The van der Waals surface area contributed by atoms with Gasteiger partial charge in [0.25, 0.3) is 0 Å². The van der Waals surface area contributed by atoms with E-state index in [1.54, 1.807) is 0 Å². The molecule has 0 atom stereocenters. The minimum atomic E-state index is -0.479. The molecule has 0 unspecified atom stereocenters. The third kappa shape index (κ3) is 5.16. The Morgan fingerprint density at radius 1 is 1.03 bits per heavy atom. The molecule has 186 valence electrons. The number of piperidine rings is 1. The van der Waals surface area contributed by atoms with Gasteiger partial charge in [0.1, 0.15) is 5.75 Å². The van der Waals surface area contributed by atoms with Crippen molar-refractivity contribution in [1.29, 1.82) is 0 Å². The molecule has 0 radical (unpaired) electrons. The summed E-state index contributed by atoms with van der Waals surface area (Å²) in [7, 11) is 0. The maximum Gasteiger partial charge on any atom is 0.301 e. The number of anilines is 1. The second kappa shape index (κ2) is 9.82. The number of nitrogens with zero attached hydrogens (tertiary/aromatic N) is 3. The van der Waals surface area contributed by atoms with E-state index >= 15 is 0 Å². The fourth-order valence-corrected chi connectivity index (χ4v) is 4.95. The fourth-order valence-electron chi connectivity index (χ4n) is 4.69. The van der Waals surface area contributed by atoms with E-state index < -0.39 is 5.54 Å². The Bertz CT molecular complexity index is 1370. The molecule has 2 N–H and O–H groups in total. The normalized spacial score (nSPS) is 14.2. The molecule has 1 fully saturated rings.